The molecular formula is C11H14N4. The van der Waals surface area contributed by atoms with Crippen molar-refractivity contribution in [1.29, 1.82) is 0 Å². The van der Waals surface area contributed by atoms with Crippen LogP contribution in [-0.2, 0) is 0 Å². The minimum atomic E-state index is 0.499. The van der Waals surface area contributed by atoms with E-state index in [-0.39, 0.29) is 0 Å². The van der Waals surface area contributed by atoms with Crippen LogP contribution in [0.4, 0.5) is 5.69 Å². The van der Waals surface area contributed by atoms with Crippen molar-refractivity contribution in [3.05, 3.63) is 18.2 Å². The summed E-state index contributed by atoms with van der Waals surface area (Å²) in [5.74, 6) is 0. The molecular weight excluding hydrogens is 188 g/mol. The lowest BCUT2D eigenvalue weighted by Gasteiger charge is -2.05. The molecule has 2 aromatic rings. The highest BCUT2D eigenvalue weighted by Crippen LogP contribution is 2.28. The number of fused-ring (bicyclic) bond motifs is 1. The van der Waals surface area contributed by atoms with E-state index in [2.05, 4.69) is 10.2 Å². The fourth-order valence-electron chi connectivity index (χ4n) is 2.25. The van der Waals surface area contributed by atoms with Gasteiger partial charge in [-0.1, -0.05) is 12.8 Å². The molecule has 15 heavy (non-hydrogen) atoms. The SMILES string of the molecule is Nc1ccc2nn(C3CCCC3)nc2c1. The summed E-state index contributed by atoms with van der Waals surface area (Å²) in [6, 6.07) is 6.19. The second-order valence-corrected chi connectivity index (χ2v) is 4.21. The summed E-state index contributed by atoms with van der Waals surface area (Å²) in [7, 11) is 0. The summed E-state index contributed by atoms with van der Waals surface area (Å²) in [6.45, 7) is 0. The van der Waals surface area contributed by atoms with Crippen LogP contribution < -0.4 is 5.73 Å². The molecule has 0 radical (unpaired) electrons. The van der Waals surface area contributed by atoms with Gasteiger partial charge in [0, 0.05) is 5.69 Å². The summed E-state index contributed by atoms with van der Waals surface area (Å²) in [5, 5.41) is 8.97. The van der Waals surface area contributed by atoms with E-state index in [0.29, 0.717) is 6.04 Å². The van der Waals surface area contributed by atoms with Gasteiger partial charge in [0.05, 0.1) is 6.04 Å². The first-order chi connectivity index (χ1) is 7.33. The fraction of sp³-hybridized carbons (Fsp3) is 0.455. The number of nitrogen functional groups attached to an aromatic ring is 1. The molecule has 1 aromatic heterocycles. The molecule has 0 amide bonds. The zero-order chi connectivity index (χ0) is 10.3. The number of anilines is 1. The molecule has 0 saturated heterocycles. The first kappa shape index (κ1) is 8.71. The second-order valence-electron chi connectivity index (χ2n) is 4.21. The van der Waals surface area contributed by atoms with E-state index >= 15 is 0 Å². The lowest BCUT2D eigenvalue weighted by atomic mass is 10.3. The lowest BCUT2D eigenvalue weighted by Crippen LogP contribution is -2.07. The highest BCUT2D eigenvalue weighted by Gasteiger charge is 2.19. The van der Waals surface area contributed by atoms with Crippen LogP contribution in [0, 0.1) is 0 Å². The molecule has 1 heterocycles. The van der Waals surface area contributed by atoms with Crippen LogP contribution in [0.25, 0.3) is 11.0 Å². The average molecular weight is 202 g/mol. The van der Waals surface area contributed by atoms with Crippen molar-refractivity contribution in [3.8, 4) is 0 Å². The van der Waals surface area contributed by atoms with Crippen LogP contribution >= 0.6 is 0 Å². The Morgan fingerprint density at radius 1 is 1.13 bits per heavy atom. The van der Waals surface area contributed by atoms with Crippen LogP contribution in [0.5, 0.6) is 0 Å². The maximum atomic E-state index is 5.71. The molecule has 0 unspecified atom stereocenters. The van der Waals surface area contributed by atoms with Gasteiger partial charge in [-0.25, -0.2) is 0 Å². The number of nitrogens with zero attached hydrogens (tertiary/aromatic N) is 3. The summed E-state index contributed by atoms with van der Waals surface area (Å²) < 4.78 is 0. The van der Waals surface area contributed by atoms with Gasteiger partial charge in [-0.3, -0.25) is 0 Å². The van der Waals surface area contributed by atoms with Gasteiger partial charge in [0.15, 0.2) is 0 Å². The summed E-state index contributed by atoms with van der Waals surface area (Å²) in [5.41, 5.74) is 8.31. The predicted octanol–water partition coefficient (Wildman–Crippen LogP) is 2.13. The molecule has 0 aliphatic heterocycles. The van der Waals surface area contributed by atoms with E-state index in [9.17, 15) is 0 Å². The number of benzene rings is 1. The zero-order valence-corrected chi connectivity index (χ0v) is 8.56. The Morgan fingerprint density at radius 3 is 2.67 bits per heavy atom. The molecule has 1 aromatic carbocycles. The number of nitrogens with two attached hydrogens (primary N) is 1. The summed E-state index contributed by atoms with van der Waals surface area (Å²) in [6.07, 6.45) is 5.00. The van der Waals surface area contributed by atoms with Crippen molar-refractivity contribution >= 4 is 16.7 Å². The van der Waals surface area contributed by atoms with E-state index in [1.54, 1.807) is 0 Å². The molecule has 1 aliphatic carbocycles. The van der Waals surface area contributed by atoms with E-state index < -0.39 is 0 Å². The minimum Gasteiger partial charge on any atom is -0.399 e. The molecule has 4 heteroatoms. The molecule has 1 fully saturated rings. The van der Waals surface area contributed by atoms with Crippen molar-refractivity contribution in [2.45, 2.75) is 31.7 Å². The van der Waals surface area contributed by atoms with E-state index in [1.165, 1.54) is 25.7 Å². The van der Waals surface area contributed by atoms with Crippen molar-refractivity contribution in [3.63, 3.8) is 0 Å². The fourth-order valence-corrected chi connectivity index (χ4v) is 2.25. The maximum absolute atomic E-state index is 5.71. The highest BCUT2D eigenvalue weighted by molar-refractivity contribution is 5.77. The van der Waals surface area contributed by atoms with Gasteiger partial charge >= 0.3 is 0 Å². The van der Waals surface area contributed by atoms with E-state index in [4.69, 9.17) is 5.73 Å². The Kier molecular flexibility index (Phi) is 1.87. The number of hydrogen-bond donors (Lipinski definition) is 1. The van der Waals surface area contributed by atoms with Gasteiger partial charge in [-0.2, -0.15) is 15.0 Å². The van der Waals surface area contributed by atoms with Crippen molar-refractivity contribution in [2.24, 2.45) is 0 Å². The number of hydrogen-bond acceptors (Lipinski definition) is 3. The third kappa shape index (κ3) is 1.46. The van der Waals surface area contributed by atoms with Crippen LogP contribution in [0.3, 0.4) is 0 Å². The Labute approximate surface area is 88.1 Å². The molecule has 0 spiro atoms. The zero-order valence-electron chi connectivity index (χ0n) is 8.56. The van der Waals surface area contributed by atoms with E-state index in [1.807, 2.05) is 23.0 Å². The van der Waals surface area contributed by atoms with Crippen LogP contribution in [0.2, 0.25) is 0 Å². The maximum Gasteiger partial charge on any atom is 0.115 e. The average Bonchev–Trinajstić information content (AvgIpc) is 2.84. The van der Waals surface area contributed by atoms with Crippen molar-refractivity contribution < 1.29 is 0 Å². The molecule has 1 saturated carbocycles. The van der Waals surface area contributed by atoms with Crippen molar-refractivity contribution in [2.75, 3.05) is 5.73 Å². The standard InChI is InChI=1S/C11H14N4/c12-8-5-6-10-11(7-8)14-15(13-10)9-3-1-2-4-9/h5-7,9H,1-4,12H2. The Morgan fingerprint density at radius 2 is 1.87 bits per heavy atom. The van der Waals surface area contributed by atoms with Crippen LogP contribution in [-0.4, -0.2) is 15.0 Å². The molecule has 78 valence electrons. The lowest BCUT2D eigenvalue weighted by molar-refractivity contribution is 0.418. The van der Waals surface area contributed by atoms with E-state index in [0.717, 1.165) is 16.7 Å². The van der Waals surface area contributed by atoms with Crippen molar-refractivity contribution in [1.82, 2.24) is 15.0 Å². The predicted molar refractivity (Wildman–Crippen MR) is 59.4 cm³/mol. The molecule has 3 rings (SSSR count). The number of rotatable bonds is 1. The van der Waals surface area contributed by atoms with Gasteiger partial charge in [0.2, 0.25) is 0 Å². The third-order valence-electron chi connectivity index (χ3n) is 3.07. The molecule has 2 N–H and O–H groups in total. The number of aromatic nitrogens is 3. The third-order valence-corrected chi connectivity index (χ3v) is 3.07. The van der Waals surface area contributed by atoms with Gasteiger partial charge in [0.25, 0.3) is 0 Å². The van der Waals surface area contributed by atoms with Gasteiger partial charge in [-0.15, -0.1) is 0 Å². The first-order valence-electron chi connectivity index (χ1n) is 5.45. The summed E-state index contributed by atoms with van der Waals surface area (Å²) >= 11 is 0. The van der Waals surface area contributed by atoms with Crippen LogP contribution in [0.15, 0.2) is 18.2 Å². The molecule has 1 aliphatic rings. The van der Waals surface area contributed by atoms with Gasteiger partial charge < -0.3 is 5.73 Å². The normalized spacial score (nSPS) is 17.6. The Bertz CT molecular complexity index is 482. The molecule has 4 nitrogen and oxygen atoms in total. The Balaban J connectivity index is 2.05. The van der Waals surface area contributed by atoms with Crippen LogP contribution in [0.1, 0.15) is 31.7 Å². The molecule has 0 atom stereocenters. The Hall–Kier alpha value is -1.58. The molecule has 0 bridgehead atoms. The summed E-state index contributed by atoms with van der Waals surface area (Å²) in [4.78, 5) is 1.87. The van der Waals surface area contributed by atoms with Gasteiger partial charge in [0.1, 0.15) is 11.0 Å². The smallest absolute Gasteiger partial charge is 0.115 e. The topological polar surface area (TPSA) is 56.7 Å². The first-order valence-corrected chi connectivity index (χ1v) is 5.45. The van der Waals surface area contributed by atoms with Gasteiger partial charge in [-0.05, 0) is 31.0 Å². The quantitative estimate of drug-likeness (QED) is 0.721. The second kappa shape index (κ2) is 3.22. The minimum absolute atomic E-state index is 0.499. The monoisotopic (exact) mass is 202 g/mol. The highest BCUT2D eigenvalue weighted by atomic mass is 15.5. The largest absolute Gasteiger partial charge is 0.399 e.